The van der Waals surface area contributed by atoms with E-state index in [1.807, 2.05) is 13.8 Å². The van der Waals surface area contributed by atoms with Crippen molar-refractivity contribution in [2.75, 3.05) is 0 Å². The fourth-order valence-corrected chi connectivity index (χ4v) is 2.91. The molecule has 0 atom stereocenters. The number of nitro benzene ring substituents is 1. The first-order valence-corrected chi connectivity index (χ1v) is 7.88. The number of allylic oxidation sites excluding steroid dienone is 1. The number of Topliss-reactive ketones (excluding diaryl/α,β-unsaturated/α-hetero) is 2. The normalized spacial score (nSPS) is 16.8. The quantitative estimate of drug-likeness (QED) is 0.362. The number of furan rings is 1. The average molecular weight is 339 g/mol. The van der Waals surface area contributed by atoms with Crippen LogP contribution in [0.15, 0.2) is 46.4 Å². The summed E-state index contributed by atoms with van der Waals surface area (Å²) in [6.45, 7) is 3.80. The highest BCUT2D eigenvalue weighted by Crippen LogP contribution is 2.34. The van der Waals surface area contributed by atoms with Crippen LogP contribution in [0.1, 0.15) is 32.4 Å². The van der Waals surface area contributed by atoms with Gasteiger partial charge in [-0.2, -0.15) is 0 Å². The Labute approximate surface area is 144 Å². The van der Waals surface area contributed by atoms with E-state index in [0.29, 0.717) is 29.9 Å². The predicted molar refractivity (Wildman–Crippen MR) is 91.8 cm³/mol. The SMILES string of the molecule is CC1(C)CC(=O)C(=Cc2ccc(-c3ccc([N+](=O)[O-])cc3)o2)C(=O)C1. The van der Waals surface area contributed by atoms with Gasteiger partial charge in [0.25, 0.3) is 5.69 Å². The summed E-state index contributed by atoms with van der Waals surface area (Å²) in [4.78, 5) is 34.6. The van der Waals surface area contributed by atoms with Gasteiger partial charge in [-0.05, 0) is 35.8 Å². The first kappa shape index (κ1) is 16.8. The van der Waals surface area contributed by atoms with Crippen molar-refractivity contribution < 1.29 is 18.9 Å². The molecule has 25 heavy (non-hydrogen) atoms. The van der Waals surface area contributed by atoms with Gasteiger partial charge in [0.15, 0.2) is 11.6 Å². The van der Waals surface area contributed by atoms with Crippen LogP contribution in [0.4, 0.5) is 5.69 Å². The van der Waals surface area contributed by atoms with Crippen LogP contribution in [-0.4, -0.2) is 16.5 Å². The van der Waals surface area contributed by atoms with Crippen molar-refractivity contribution in [3.8, 4) is 11.3 Å². The summed E-state index contributed by atoms with van der Waals surface area (Å²) >= 11 is 0. The van der Waals surface area contributed by atoms with E-state index in [2.05, 4.69) is 0 Å². The Balaban J connectivity index is 1.85. The summed E-state index contributed by atoms with van der Waals surface area (Å²) in [5.74, 6) is 0.576. The maximum atomic E-state index is 12.2. The van der Waals surface area contributed by atoms with Crippen LogP contribution in [-0.2, 0) is 9.59 Å². The molecule has 128 valence electrons. The molecule has 1 aromatic carbocycles. The monoisotopic (exact) mass is 339 g/mol. The van der Waals surface area contributed by atoms with Gasteiger partial charge >= 0.3 is 0 Å². The van der Waals surface area contributed by atoms with Crippen LogP contribution in [0.25, 0.3) is 17.4 Å². The van der Waals surface area contributed by atoms with Crippen molar-refractivity contribution in [2.24, 2.45) is 5.41 Å². The Bertz CT molecular complexity index is 865. The zero-order valence-corrected chi connectivity index (χ0v) is 13.9. The molecule has 1 saturated carbocycles. The standard InChI is InChI=1S/C19H17NO5/c1-19(2)10-16(21)15(17(22)11-19)9-14-7-8-18(25-14)12-3-5-13(6-4-12)20(23)24/h3-9H,10-11H2,1-2H3. The van der Waals surface area contributed by atoms with Crippen molar-refractivity contribution in [3.05, 3.63) is 57.8 Å². The number of carbonyl (C=O) groups is 2. The molecule has 1 fully saturated rings. The Hall–Kier alpha value is -3.02. The average Bonchev–Trinajstić information content (AvgIpc) is 2.99. The Morgan fingerprint density at radius 2 is 1.64 bits per heavy atom. The summed E-state index contributed by atoms with van der Waals surface area (Å²) in [6, 6.07) is 9.35. The minimum absolute atomic E-state index is 0.00124. The summed E-state index contributed by atoms with van der Waals surface area (Å²) in [5.41, 5.74) is 0.541. The maximum absolute atomic E-state index is 12.2. The van der Waals surface area contributed by atoms with Gasteiger partial charge in [0.1, 0.15) is 11.5 Å². The van der Waals surface area contributed by atoms with Gasteiger partial charge in [-0.15, -0.1) is 0 Å². The molecule has 0 radical (unpaired) electrons. The van der Waals surface area contributed by atoms with E-state index in [1.165, 1.54) is 18.2 Å². The van der Waals surface area contributed by atoms with Gasteiger partial charge in [0.05, 0.1) is 10.5 Å². The number of nitro groups is 1. The number of hydrogen-bond donors (Lipinski definition) is 0. The minimum atomic E-state index is -0.469. The first-order chi connectivity index (χ1) is 11.7. The molecule has 0 bridgehead atoms. The predicted octanol–water partition coefficient (Wildman–Crippen LogP) is 4.20. The third kappa shape index (κ3) is 3.57. The van der Waals surface area contributed by atoms with E-state index < -0.39 is 4.92 Å². The van der Waals surface area contributed by atoms with E-state index in [1.54, 1.807) is 24.3 Å². The Morgan fingerprint density at radius 3 is 2.20 bits per heavy atom. The number of hydrogen-bond acceptors (Lipinski definition) is 5. The molecule has 0 N–H and O–H groups in total. The van der Waals surface area contributed by atoms with E-state index in [4.69, 9.17) is 4.42 Å². The zero-order valence-electron chi connectivity index (χ0n) is 13.9. The number of nitrogens with zero attached hydrogens (tertiary/aromatic N) is 1. The van der Waals surface area contributed by atoms with Gasteiger partial charge in [-0.25, -0.2) is 0 Å². The Kier molecular flexibility index (Phi) is 4.12. The third-order valence-corrected chi connectivity index (χ3v) is 4.16. The lowest BCUT2D eigenvalue weighted by atomic mass is 9.74. The van der Waals surface area contributed by atoms with Crippen LogP contribution in [0.5, 0.6) is 0 Å². The van der Waals surface area contributed by atoms with Crippen LogP contribution >= 0.6 is 0 Å². The molecule has 0 saturated heterocycles. The van der Waals surface area contributed by atoms with Gasteiger partial charge in [0.2, 0.25) is 0 Å². The molecule has 3 rings (SSSR count). The van der Waals surface area contributed by atoms with E-state index in [0.717, 1.165) is 0 Å². The largest absolute Gasteiger partial charge is 0.457 e. The molecule has 0 amide bonds. The number of ketones is 2. The van der Waals surface area contributed by atoms with E-state index >= 15 is 0 Å². The second-order valence-corrected chi connectivity index (χ2v) is 6.93. The lowest BCUT2D eigenvalue weighted by Gasteiger charge is -2.28. The summed E-state index contributed by atoms with van der Waals surface area (Å²) < 4.78 is 5.67. The van der Waals surface area contributed by atoms with Crippen molar-refractivity contribution in [3.63, 3.8) is 0 Å². The maximum Gasteiger partial charge on any atom is 0.269 e. The van der Waals surface area contributed by atoms with Crippen LogP contribution in [0, 0.1) is 15.5 Å². The lowest BCUT2D eigenvalue weighted by molar-refractivity contribution is -0.384. The summed E-state index contributed by atoms with van der Waals surface area (Å²) in [5, 5.41) is 10.7. The molecule has 1 aliphatic carbocycles. The summed E-state index contributed by atoms with van der Waals surface area (Å²) in [6.07, 6.45) is 2.15. The minimum Gasteiger partial charge on any atom is -0.457 e. The van der Waals surface area contributed by atoms with Crippen molar-refractivity contribution >= 4 is 23.3 Å². The third-order valence-electron chi connectivity index (χ3n) is 4.16. The molecule has 1 heterocycles. The van der Waals surface area contributed by atoms with E-state index in [9.17, 15) is 19.7 Å². The molecule has 6 nitrogen and oxygen atoms in total. The van der Waals surface area contributed by atoms with E-state index in [-0.39, 0.29) is 28.2 Å². The van der Waals surface area contributed by atoms with Crippen LogP contribution in [0.3, 0.4) is 0 Å². The molecular weight excluding hydrogens is 322 g/mol. The van der Waals surface area contributed by atoms with Crippen LogP contribution < -0.4 is 0 Å². The molecule has 0 unspecified atom stereocenters. The fourth-order valence-electron chi connectivity index (χ4n) is 2.91. The molecular formula is C19H17NO5. The number of non-ortho nitro benzene ring substituents is 1. The highest BCUT2D eigenvalue weighted by molar-refractivity contribution is 6.25. The second-order valence-electron chi connectivity index (χ2n) is 6.93. The highest BCUT2D eigenvalue weighted by atomic mass is 16.6. The number of rotatable bonds is 3. The van der Waals surface area contributed by atoms with Gasteiger partial charge < -0.3 is 4.42 Å². The topological polar surface area (TPSA) is 90.4 Å². The van der Waals surface area contributed by atoms with Gasteiger partial charge in [0, 0.05) is 30.5 Å². The molecule has 2 aromatic rings. The van der Waals surface area contributed by atoms with Crippen molar-refractivity contribution in [2.45, 2.75) is 26.7 Å². The van der Waals surface area contributed by atoms with Crippen molar-refractivity contribution in [1.29, 1.82) is 0 Å². The molecule has 6 heteroatoms. The molecule has 0 aliphatic heterocycles. The first-order valence-electron chi connectivity index (χ1n) is 7.88. The summed E-state index contributed by atoms with van der Waals surface area (Å²) in [7, 11) is 0. The van der Waals surface area contributed by atoms with Crippen LogP contribution in [0.2, 0.25) is 0 Å². The Morgan fingerprint density at radius 1 is 1.04 bits per heavy atom. The lowest BCUT2D eigenvalue weighted by Crippen LogP contribution is -2.31. The highest BCUT2D eigenvalue weighted by Gasteiger charge is 2.35. The second kappa shape index (κ2) is 6.12. The number of carbonyl (C=O) groups excluding carboxylic acids is 2. The zero-order chi connectivity index (χ0) is 18.2. The number of benzene rings is 1. The molecule has 1 aromatic heterocycles. The van der Waals surface area contributed by atoms with Gasteiger partial charge in [-0.3, -0.25) is 19.7 Å². The fraction of sp³-hybridized carbons (Fsp3) is 0.263. The molecule has 0 spiro atoms. The smallest absolute Gasteiger partial charge is 0.269 e. The van der Waals surface area contributed by atoms with Crippen molar-refractivity contribution in [1.82, 2.24) is 0 Å². The van der Waals surface area contributed by atoms with Gasteiger partial charge in [-0.1, -0.05) is 13.8 Å². The molecule has 1 aliphatic rings.